The number of nitrogens with zero attached hydrogens (tertiary/aromatic N) is 2. The van der Waals surface area contributed by atoms with Gasteiger partial charge >= 0.3 is 0 Å². The van der Waals surface area contributed by atoms with Crippen LogP contribution in [0.3, 0.4) is 0 Å². The van der Waals surface area contributed by atoms with Crippen LogP contribution in [0, 0.1) is 20.8 Å². The Morgan fingerprint density at radius 3 is 2.74 bits per heavy atom. The molecule has 3 heterocycles. The molecule has 1 aliphatic heterocycles. The lowest BCUT2D eigenvalue weighted by Crippen LogP contribution is -2.42. The van der Waals surface area contributed by atoms with Crippen molar-refractivity contribution in [1.29, 1.82) is 0 Å². The molecule has 1 unspecified atom stereocenters. The Labute approximate surface area is 205 Å². The van der Waals surface area contributed by atoms with E-state index in [1.165, 1.54) is 0 Å². The Kier molecular flexibility index (Phi) is 6.26. The lowest BCUT2D eigenvalue weighted by atomic mass is 9.93. The van der Waals surface area contributed by atoms with E-state index in [1.807, 2.05) is 37.8 Å². The van der Waals surface area contributed by atoms with Gasteiger partial charge in [0, 0.05) is 41.1 Å². The lowest BCUT2D eigenvalue weighted by Gasteiger charge is -2.32. The third-order valence-electron chi connectivity index (χ3n) is 7.59. The Morgan fingerprint density at radius 1 is 1.11 bits per heavy atom. The standard InChI is InChI=1S/C28H33N3O4/c1-16-11-12-21-20(15-34-26(21)18(16)3)14-24(32)30-29-22-9-7-10-23-25(22)19(4)27(35-23)28(33)31-13-6-5-8-17(31)2/h11-12,15,17H,5-10,13-14H2,1-4H3,(H,30,32)/b29-22+. The second kappa shape index (κ2) is 9.36. The van der Waals surface area contributed by atoms with Crippen LogP contribution in [-0.2, 0) is 17.6 Å². The summed E-state index contributed by atoms with van der Waals surface area (Å²) in [5.74, 6) is 0.969. The van der Waals surface area contributed by atoms with Crippen LogP contribution in [0.1, 0.15) is 83.2 Å². The first kappa shape index (κ1) is 23.4. The Balaban J connectivity index is 1.34. The molecule has 184 valence electrons. The SMILES string of the molecule is Cc1ccc2c(CC(=O)N/N=C3\CCCc4oc(C(=O)N5CCCCC5C)c(C)c43)coc2c1C. The first-order valence-electron chi connectivity index (χ1n) is 12.6. The van der Waals surface area contributed by atoms with E-state index in [2.05, 4.69) is 17.5 Å². The van der Waals surface area contributed by atoms with Crippen molar-refractivity contribution >= 4 is 28.5 Å². The Morgan fingerprint density at radius 2 is 1.94 bits per heavy atom. The van der Waals surface area contributed by atoms with Crippen LogP contribution >= 0.6 is 0 Å². The van der Waals surface area contributed by atoms with E-state index in [0.717, 1.165) is 95.3 Å². The molecule has 0 bridgehead atoms. The number of rotatable bonds is 4. The molecule has 5 rings (SSSR count). The van der Waals surface area contributed by atoms with Gasteiger partial charge in [0.15, 0.2) is 5.76 Å². The van der Waals surface area contributed by atoms with E-state index in [1.54, 1.807) is 6.26 Å². The number of carbonyl (C=O) groups excluding carboxylic acids is 2. The van der Waals surface area contributed by atoms with Crippen LogP contribution in [0.4, 0.5) is 0 Å². The second-order valence-electron chi connectivity index (χ2n) is 9.97. The summed E-state index contributed by atoms with van der Waals surface area (Å²) in [6.45, 7) is 8.86. The fourth-order valence-electron chi connectivity index (χ4n) is 5.38. The molecule has 35 heavy (non-hydrogen) atoms. The molecule has 2 amide bonds. The van der Waals surface area contributed by atoms with Gasteiger partial charge in [-0.05, 0) is 70.9 Å². The first-order valence-corrected chi connectivity index (χ1v) is 12.6. The minimum atomic E-state index is -0.204. The highest BCUT2D eigenvalue weighted by Gasteiger charge is 2.32. The maximum atomic E-state index is 13.3. The van der Waals surface area contributed by atoms with E-state index in [9.17, 15) is 9.59 Å². The molecule has 0 spiro atoms. The number of hydrazone groups is 1. The molecule has 0 radical (unpaired) electrons. The molecular formula is C28H33N3O4. The van der Waals surface area contributed by atoms with E-state index in [4.69, 9.17) is 8.83 Å². The second-order valence-corrected chi connectivity index (χ2v) is 9.97. The molecule has 7 heteroatoms. The molecule has 2 aliphatic rings. The Hall–Kier alpha value is -3.35. The molecule has 1 atom stereocenters. The van der Waals surface area contributed by atoms with Gasteiger partial charge in [0.25, 0.3) is 5.91 Å². The number of amides is 2. The Bertz CT molecular complexity index is 1330. The van der Waals surface area contributed by atoms with Gasteiger partial charge in [-0.2, -0.15) is 5.10 Å². The van der Waals surface area contributed by atoms with Gasteiger partial charge in [-0.3, -0.25) is 9.59 Å². The van der Waals surface area contributed by atoms with E-state index in [0.29, 0.717) is 5.76 Å². The summed E-state index contributed by atoms with van der Waals surface area (Å²) in [5, 5.41) is 5.43. The van der Waals surface area contributed by atoms with Gasteiger partial charge in [-0.1, -0.05) is 12.1 Å². The number of hydrogen-bond acceptors (Lipinski definition) is 5. The topological polar surface area (TPSA) is 88.0 Å². The van der Waals surface area contributed by atoms with Crippen molar-refractivity contribution in [2.24, 2.45) is 5.10 Å². The van der Waals surface area contributed by atoms with Crippen molar-refractivity contribution in [3.05, 3.63) is 57.7 Å². The number of carbonyl (C=O) groups is 2. The molecule has 1 aromatic carbocycles. The van der Waals surface area contributed by atoms with E-state index >= 15 is 0 Å². The summed E-state index contributed by atoms with van der Waals surface area (Å²) in [4.78, 5) is 28.0. The highest BCUT2D eigenvalue weighted by molar-refractivity contribution is 6.06. The maximum absolute atomic E-state index is 13.3. The molecule has 1 N–H and O–H groups in total. The molecule has 7 nitrogen and oxygen atoms in total. The quantitative estimate of drug-likeness (QED) is 0.514. The molecule has 1 saturated heterocycles. The van der Waals surface area contributed by atoms with Crippen molar-refractivity contribution in [3.63, 3.8) is 0 Å². The largest absolute Gasteiger partial charge is 0.464 e. The predicted molar refractivity (Wildman–Crippen MR) is 135 cm³/mol. The fourth-order valence-corrected chi connectivity index (χ4v) is 5.38. The summed E-state index contributed by atoms with van der Waals surface area (Å²) < 4.78 is 11.8. The van der Waals surface area contributed by atoms with Gasteiger partial charge in [0.05, 0.1) is 18.4 Å². The van der Waals surface area contributed by atoms with Crippen molar-refractivity contribution in [3.8, 4) is 0 Å². The van der Waals surface area contributed by atoms with Crippen LogP contribution in [0.25, 0.3) is 11.0 Å². The number of benzene rings is 1. The summed E-state index contributed by atoms with van der Waals surface area (Å²) in [6, 6.07) is 4.26. The number of nitrogens with one attached hydrogen (secondary N) is 1. The monoisotopic (exact) mass is 475 g/mol. The third kappa shape index (κ3) is 4.28. The van der Waals surface area contributed by atoms with Crippen molar-refractivity contribution in [2.75, 3.05) is 6.54 Å². The zero-order chi connectivity index (χ0) is 24.7. The maximum Gasteiger partial charge on any atom is 0.290 e. The van der Waals surface area contributed by atoms with Crippen molar-refractivity contribution in [1.82, 2.24) is 10.3 Å². The molecular weight excluding hydrogens is 442 g/mol. The number of hydrogen-bond donors (Lipinski definition) is 1. The average Bonchev–Trinajstić information content (AvgIpc) is 3.41. The van der Waals surface area contributed by atoms with Gasteiger partial charge < -0.3 is 13.7 Å². The smallest absolute Gasteiger partial charge is 0.290 e. The van der Waals surface area contributed by atoms with Crippen LogP contribution in [0.5, 0.6) is 0 Å². The van der Waals surface area contributed by atoms with E-state index < -0.39 is 0 Å². The highest BCUT2D eigenvalue weighted by Crippen LogP contribution is 2.32. The zero-order valence-corrected chi connectivity index (χ0v) is 21.0. The van der Waals surface area contributed by atoms with Crippen LogP contribution in [0.2, 0.25) is 0 Å². The summed E-state index contributed by atoms with van der Waals surface area (Å²) in [6.07, 6.45) is 7.41. The first-order chi connectivity index (χ1) is 16.8. The summed E-state index contributed by atoms with van der Waals surface area (Å²) in [5.41, 5.74) is 9.11. The summed E-state index contributed by atoms with van der Waals surface area (Å²) >= 11 is 0. The highest BCUT2D eigenvalue weighted by atomic mass is 16.4. The third-order valence-corrected chi connectivity index (χ3v) is 7.59. The van der Waals surface area contributed by atoms with Crippen molar-refractivity contribution < 1.29 is 18.4 Å². The average molecular weight is 476 g/mol. The number of fused-ring (bicyclic) bond motifs is 2. The van der Waals surface area contributed by atoms with Crippen LogP contribution in [0.15, 0.2) is 32.3 Å². The normalized spacial score (nSPS) is 19.3. The summed E-state index contributed by atoms with van der Waals surface area (Å²) in [7, 11) is 0. The number of likely N-dealkylation sites (tertiary alicyclic amines) is 1. The molecule has 0 saturated carbocycles. The van der Waals surface area contributed by atoms with Crippen molar-refractivity contribution in [2.45, 2.75) is 78.7 Å². The van der Waals surface area contributed by atoms with Crippen LogP contribution in [-0.4, -0.2) is 35.0 Å². The minimum absolute atomic E-state index is 0.0372. The molecule has 1 aliphatic carbocycles. The molecule has 2 aromatic heterocycles. The molecule has 3 aromatic rings. The molecule has 1 fully saturated rings. The predicted octanol–water partition coefficient (Wildman–Crippen LogP) is 5.36. The number of aryl methyl sites for hydroxylation is 3. The van der Waals surface area contributed by atoms with Gasteiger partial charge in [-0.15, -0.1) is 0 Å². The van der Waals surface area contributed by atoms with E-state index in [-0.39, 0.29) is 24.3 Å². The van der Waals surface area contributed by atoms with Gasteiger partial charge in [0.1, 0.15) is 11.3 Å². The van der Waals surface area contributed by atoms with Crippen LogP contribution < -0.4 is 5.43 Å². The number of piperidine rings is 1. The minimum Gasteiger partial charge on any atom is -0.464 e. The zero-order valence-electron chi connectivity index (χ0n) is 21.0. The van der Waals surface area contributed by atoms with Gasteiger partial charge in [-0.25, -0.2) is 5.43 Å². The lowest BCUT2D eigenvalue weighted by molar-refractivity contribution is -0.120. The number of furan rings is 2. The fraction of sp³-hybridized carbons (Fsp3) is 0.464. The van der Waals surface area contributed by atoms with Gasteiger partial charge in [0.2, 0.25) is 5.91 Å².